The second-order valence-corrected chi connectivity index (χ2v) is 5.31. The fourth-order valence-electron chi connectivity index (χ4n) is 2.42. The molecule has 0 radical (unpaired) electrons. The molecule has 1 heterocycles. The molecule has 2 amide bonds. The van der Waals surface area contributed by atoms with Gasteiger partial charge in [0.25, 0.3) is 5.69 Å². The van der Waals surface area contributed by atoms with E-state index in [4.69, 9.17) is 11.6 Å². The summed E-state index contributed by atoms with van der Waals surface area (Å²) in [5.74, 6) is -0.222. The number of piperidine rings is 1. The highest BCUT2D eigenvalue weighted by molar-refractivity contribution is 6.17. The minimum absolute atomic E-state index is 0.00375. The van der Waals surface area contributed by atoms with Crippen LogP contribution in [0.4, 0.5) is 5.69 Å². The van der Waals surface area contributed by atoms with Gasteiger partial charge in [0.05, 0.1) is 4.92 Å². The zero-order valence-corrected chi connectivity index (χ0v) is 12.1. The normalized spacial score (nSPS) is 16.3. The molecular formula is C14H15ClN2O4. The molecular weight excluding hydrogens is 296 g/mol. The zero-order chi connectivity index (χ0) is 15.4. The lowest BCUT2D eigenvalue weighted by Gasteiger charge is -2.30. The molecule has 0 saturated carbocycles. The molecule has 1 aromatic rings. The second kappa shape index (κ2) is 6.67. The number of alkyl halides is 1. The maximum Gasteiger partial charge on any atom is 0.269 e. The molecule has 21 heavy (non-hydrogen) atoms. The van der Waals surface area contributed by atoms with E-state index in [9.17, 15) is 19.7 Å². The number of hydrogen-bond acceptors (Lipinski definition) is 4. The van der Waals surface area contributed by atoms with Crippen LogP contribution in [-0.2, 0) is 9.59 Å². The number of carbonyl (C=O) groups excluding carboxylic acids is 2. The molecule has 112 valence electrons. The van der Waals surface area contributed by atoms with Crippen LogP contribution >= 0.6 is 11.6 Å². The van der Waals surface area contributed by atoms with Gasteiger partial charge in [-0.1, -0.05) is 12.1 Å². The summed E-state index contributed by atoms with van der Waals surface area (Å²) in [4.78, 5) is 35.4. The zero-order valence-electron chi connectivity index (χ0n) is 11.3. The molecule has 0 spiro atoms. The number of rotatable bonds is 5. The summed E-state index contributed by atoms with van der Waals surface area (Å²) in [6, 6.07) is 6.00. The Bertz CT molecular complexity index is 541. The summed E-state index contributed by atoms with van der Waals surface area (Å²) >= 11 is 5.58. The van der Waals surface area contributed by atoms with E-state index in [0.29, 0.717) is 18.8 Å². The van der Waals surface area contributed by atoms with E-state index in [2.05, 4.69) is 0 Å². The number of amides is 2. The number of nitro benzene ring substituents is 1. The van der Waals surface area contributed by atoms with Gasteiger partial charge >= 0.3 is 0 Å². The van der Waals surface area contributed by atoms with E-state index in [1.54, 1.807) is 12.1 Å². The average molecular weight is 311 g/mol. The van der Waals surface area contributed by atoms with Crippen molar-refractivity contribution in [3.8, 4) is 0 Å². The van der Waals surface area contributed by atoms with Crippen molar-refractivity contribution in [2.24, 2.45) is 0 Å². The predicted octanol–water partition coefficient (Wildman–Crippen LogP) is 2.46. The number of imide groups is 1. The Labute approximate surface area is 126 Å². The number of hydrogen-bond donors (Lipinski definition) is 0. The Morgan fingerprint density at radius 3 is 2.24 bits per heavy atom. The molecule has 0 aromatic heterocycles. The van der Waals surface area contributed by atoms with Crippen LogP contribution in [0.2, 0.25) is 0 Å². The molecule has 2 rings (SSSR count). The summed E-state index contributed by atoms with van der Waals surface area (Å²) in [7, 11) is 0. The maximum absolute atomic E-state index is 12.0. The predicted molar refractivity (Wildman–Crippen MR) is 77.1 cm³/mol. The number of benzene rings is 1. The van der Waals surface area contributed by atoms with E-state index in [1.165, 1.54) is 17.0 Å². The molecule has 1 saturated heterocycles. The minimum atomic E-state index is -0.477. The SMILES string of the molecule is O=C1CC(c2ccc([N+](=O)[O-])cc2)CC(=O)N1CCCCl. The van der Waals surface area contributed by atoms with Gasteiger partial charge in [-0.2, -0.15) is 0 Å². The quantitative estimate of drug-likeness (QED) is 0.362. The Balaban J connectivity index is 2.08. The lowest BCUT2D eigenvalue weighted by Crippen LogP contribution is -2.43. The van der Waals surface area contributed by atoms with E-state index >= 15 is 0 Å². The van der Waals surface area contributed by atoms with Crippen molar-refractivity contribution in [1.82, 2.24) is 4.90 Å². The van der Waals surface area contributed by atoms with Crippen LogP contribution in [0.3, 0.4) is 0 Å². The maximum atomic E-state index is 12.0. The van der Waals surface area contributed by atoms with Crippen molar-refractivity contribution in [1.29, 1.82) is 0 Å². The van der Waals surface area contributed by atoms with E-state index in [0.717, 1.165) is 5.56 Å². The van der Waals surface area contributed by atoms with Crippen LogP contribution in [0.25, 0.3) is 0 Å². The topological polar surface area (TPSA) is 80.5 Å². The molecule has 1 aromatic carbocycles. The molecule has 7 heteroatoms. The summed E-state index contributed by atoms with van der Waals surface area (Å²) in [6.45, 7) is 0.355. The van der Waals surface area contributed by atoms with Gasteiger partial charge in [0.2, 0.25) is 11.8 Å². The van der Waals surface area contributed by atoms with E-state index in [1.807, 2.05) is 0 Å². The lowest BCUT2D eigenvalue weighted by atomic mass is 9.88. The Kier molecular flexibility index (Phi) is 4.90. The lowest BCUT2D eigenvalue weighted by molar-refractivity contribution is -0.384. The smallest absolute Gasteiger partial charge is 0.269 e. The van der Waals surface area contributed by atoms with Crippen LogP contribution < -0.4 is 0 Å². The summed E-state index contributed by atoms with van der Waals surface area (Å²) in [5.41, 5.74) is 0.773. The fraction of sp³-hybridized carbons (Fsp3) is 0.429. The van der Waals surface area contributed by atoms with E-state index in [-0.39, 0.29) is 36.3 Å². The first-order valence-corrected chi connectivity index (χ1v) is 7.20. The highest BCUT2D eigenvalue weighted by Gasteiger charge is 2.32. The highest BCUT2D eigenvalue weighted by atomic mass is 35.5. The van der Waals surface area contributed by atoms with Gasteiger partial charge in [-0.15, -0.1) is 11.6 Å². The largest absolute Gasteiger partial charge is 0.283 e. The summed E-state index contributed by atoms with van der Waals surface area (Å²) < 4.78 is 0. The molecule has 0 bridgehead atoms. The molecule has 0 atom stereocenters. The Morgan fingerprint density at radius 2 is 1.76 bits per heavy atom. The summed E-state index contributed by atoms with van der Waals surface area (Å²) in [6.07, 6.45) is 1.07. The van der Waals surface area contributed by atoms with Crippen LogP contribution in [0, 0.1) is 10.1 Å². The first-order valence-electron chi connectivity index (χ1n) is 6.66. The van der Waals surface area contributed by atoms with E-state index < -0.39 is 4.92 Å². The molecule has 0 N–H and O–H groups in total. The second-order valence-electron chi connectivity index (χ2n) is 4.94. The third-order valence-corrected chi connectivity index (χ3v) is 3.80. The van der Waals surface area contributed by atoms with Crippen molar-refractivity contribution < 1.29 is 14.5 Å². The van der Waals surface area contributed by atoms with Gasteiger partial charge in [0.15, 0.2) is 0 Å². The Hall–Kier alpha value is -1.95. The van der Waals surface area contributed by atoms with Gasteiger partial charge in [-0.3, -0.25) is 24.6 Å². The number of halogens is 1. The van der Waals surface area contributed by atoms with Gasteiger partial charge in [0, 0.05) is 43.3 Å². The minimum Gasteiger partial charge on any atom is -0.283 e. The molecule has 6 nitrogen and oxygen atoms in total. The third kappa shape index (κ3) is 3.58. The first-order chi connectivity index (χ1) is 10.0. The van der Waals surface area contributed by atoms with Crippen molar-refractivity contribution in [2.75, 3.05) is 12.4 Å². The van der Waals surface area contributed by atoms with Crippen LogP contribution in [0.1, 0.15) is 30.7 Å². The number of likely N-dealkylation sites (tertiary alicyclic amines) is 1. The van der Waals surface area contributed by atoms with Gasteiger partial charge in [-0.25, -0.2) is 0 Å². The number of non-ortho nitro benzene ring substituents is 1. The molecule has 0 aliphatic carbocycles. The Morgan fingerprint density at radius 1 is 1.19 bits per heavy atom. The number of nitro groups is 1. The monoisotopic (exact) mass is 310 g/mol. The van der Waals surface area contributed by atoms with Gasteiger partial charge in [0.1, 0.15) is 0 Å². The van der Waals surface area contributed by atoms with Crippen molar-refractivity contribution >= 4 is 29.1 Å². The fourth-order valence-corrected chi connectivity index (χ4v) is 2.54. The van der Waals surface area contributed by atoms with Gasteiger partial charge < -0.3 is 0 Å². The van der Waals surface area contributed by atoms with Crippen LogP contribution in [0.5, 0.6) is 0 Å². The first kappa shape index (κ1) is 15.4. The molecule has 1 aliphatic rings. The molecule has 0 unspecified atom stereocenters. The number of carbonyl (C=O) groups is 2. The standard InChI is InChI=1S/C14H15ClN2O4/c15-6-1-7-16-13(18)8-11(9-14(16)19)10-2-4-12(5-3-10)17(20)21/h2-5,11H,1,6-9H2. The van der Waals surface area contributed by atoms with Crippen molar-refractivity contribution in [2.45, 2.75) is 25.2 Å². The highest BCUT2D eigenvalue weighted by Crippen LogP contribution is 2.30. The van der Waals surface area contributed by atoms with Crippen molar-refractivity contribution in [3.63, 3.8) is 0 Å². The van der Waals surface area contributed by atoms with Crippen LogP contribution in [-0.4, -0.2) is 34.1 Å². The van der Waals surface area contributed by atoms with Crippen molar-refractivity contribution in [3.05, 3.63) is 39.9 Å². The molecule has 1 fully saturated rings. The average Bonchev–Trinajstić information content (AvgIpc) is 2.46. The van der Waals surface area contributed by atoms with Crippen LogP contribution in [0.15, 0.2) is 24.3 Å². The molecule has 1 aliphatic heterocycles. The summed E-state index contributed by atoms with van der Waals surface area (Å²) in [5, 5.41) is 10.6. The number of nitrogens with zero attached hydrogens (tertiary/aromatic N) is 2. The van der Waals surface area contributed by atoms with Gasteiger partial charge in [-0.05, 0) is 12.0 Å². The third-order valence-electron chi connectivity index (χ3n) is 3.53.